The van der Waals surface area contributed by atoms with Crippen molar-refractivity contribution < 1.29 is 4.74 Å². The molecule has 0 unspecified atom stereocenters. The topological polar surface area (TPSA) is 39.1 Å². The van der Waals surface area contributed by atoms with Crippen molar-refractivity contribution in [1.82, 2.24) is 15.1 Å². The highest BCUT2D eigenvalue weighted by atomic mass is 16.5. The Morgan fingerprint density at radius 3 is 2.74 bits per heavy atom. The first-order valence-corrected chi connectivity index (χ1v) is 6.72. The van der Waals surface area contributed by atoms with Gasteiger partial charge in [-0.25, -0.2) is 0 Å². The van der Waals surface area contributed by atoms with E-state index in [1.54, 1.807) is 0 Å². The fraction of sp³-hybridized carbons (Fsp3) is 0.400. The van der Waals surface area contributed by atoms with E-state index in [0.29, 0.717) is 0 Å². The van der Waals surface area contributed by atoms with E-state index in [0.717, 1.165) is 44.0 Å². The lowest BCUT2D eigenvalue weighted by molar-refractivity contribution is 0.308. The van der Waals surface area contributed by atoms with E-state index in [4.69, 9.17) is 4.74 Å². The molecule has 4 heteroatoms. The summed E-state index contributed by atoms with van der Waals surface area (Å²) in [5.74, 6) is 0.941. The Bertz CT molecular complexity index is 467. The summed E-state index contributed by atoms with van der Waals surface area (Å²) in [6, 6.07) is 12.0. The highest BCUT2D eigenvalue weighted by Crippen LogP contribution is 2.07. The molecule has 0 aliphatic carbocycles. The molecule has 102 valence electrons. The number of hydrogen-bond donors (Lipinski definition) is 1. The van der Waals surface area contributed by atoms with Crippen molar-refractivity contribution in [2.45, 2.75) is 12.8 Å². The van der Waals surface area contributed by atoms with Gasteiger partial charge in [0, 0.05) is 26.2 Å². The Balaban J connectivity index is 1.48. The maximum absolute atomic E-state index is 5.62. The molecular weight excluding hydrogens is 238 g/mol. The summed E-state index contributed by atoms with van der Waals surface area (Å²) < 4.78 is 7.45. The minimum atomic E-state index is 0.751. The smallest absolute Gasteiger partial charge is 0.119 e. The Morgan fingerprint density at radius 1 is 1.16 bits per heavy atom. The minimum Gasteiger partial charge on any atom is -0.494 e. The van der Waals surface area contributed by atoms with Gasteiger partial charge in [-0.15, -0.1) is 0 Å². The molecule has 0 saturated heterocycles. The van der Waals surface area contributed by atoms with Crippen LogP contribution in [-0.2, 0) is 13.5 Å². The number of nitrogens with zero attached hydrogens (tertiary/aromatic N) is 2. The van der Waals surface area contributed by atoms with Gasteiger partial charge in [0.05, 0.1) is 12.3 Å². The number of ether oxygens (including phenoxy) is 1. The third-order valence-corrected chi connectivity index (χ3v) is 2.84. The van der Waals surface area contributed by atoms with Crippen LogP contribution in [0.1, 0.15) is 12.1 Å². The summed E-state index contributed by atoms with van der Waals surface area (Å²) in [6.45, 7) is 2.68. The van der Waals surface area contributed by atoms with Gasteiger partial charge in [-0.1, -0.05) is 18.2 Å². The monoisotopic (exact) mass is 259 g/mol. The van der Waals surface area contributed by atoms with Crippen molar-refractivity contribution in [2.75, 3.05) is 19.7 Å². The Morgan fingerprint density at radius 2 is 2.00 bits per heavy atom. The molecule has 0 bridgehead atoms. The van der Waals surface area contributed by atoms with Crippen LogP contribution in [0.15, 0.2) is 42.6 Å². The van der Waals surface area contributed by atoms with Crippen molar-refractivity contribution >= 4 is 0 Å². The van der Waals surface area contributed by atoms with Crippen LogP contribution in [0.2, 0.25) is 0 Å². The fourth-order valence-electron chi connectivity index (χ4n) is 1.84. The zero-order chi connectivity index (χ0) is 13.3. The average Bonchev–Trinajstić information content (AvgIpc) is 2.85. The Hall–Kier alpha value is -1.81. The van der Waals surface area contributed by atoms with E-state index in [1.807, 2.05) is 48.3 Å². The Kier molecular flexibility index (Phi) is 5.44. The molecule has 0 atom stereocenters. The van der Waals surface area contributed by atoms with Crippen LogP contribution in [0.4, 0.5) is 0 Å². The van der Waals surface area contributed by atoms with Crippen molar-refractivity contribution in [3.8, 4) is 5.75 Å². The second kappa shape index (κ2) is 7.59. The molecule has 0 fully saturated rings. The van der Waals surface area contributed by atoms with Crippen LogP contribution in [0.3, 0.4) is 0 Å². The van der Waals surface area contributed by atoms with Crippen molar-refractivity contribution in [3.63, 3.8) is 0 Å². The summed E-state index contributed by atoms with van der Waals surface area (Å²) in [5, 5.41) is 7.74. The minimum absolute atomic E-state index is 0.751. The summed E-state index contributed by atoms with van der Waals surface area (Å²) in [6.07, 6.45) is 3.96. The van der Waals surface area contributed by atoms with E-state index in [1.165, 1.54) is 0 Å². The van der Waals surface area contributed by atoms with Crippen LogP contribution >= 0.6 is 0 Å². The molecule has 0 aliphatic rings. The Labute approximate surface area is 114 Å². The quantitative estimate of drug-likeness (QED) is 0.737. The molecule has 2 aromatic rings. The molecule has 19 heavy (non-hydrogen) atoms. The molecule has 2 rings (SSSR count). The molecule has 1 heterocycles. The van der Waals surface area contributed by atoms with Crippen LogP contribution in [0, 0.1) is 0 Å². The summed E-state index contributed by atoms with van der Waals surface area (Å²) in [5.41, 5.74) is 1.13. The van der Waals surface area contributed by atoms with Gasteiger partial charge in [-0.3, -0.25) is 4.68 Å². The molecule has 0 amide bonds. The molecule has 1 aromatic heterocycles. The molecular formula is C15H21N3O. The SMILES string of the molecule is Cn1ccc(CCNCCCOc2ccccc2)n1. The van der Waals surface area contributed by atoms with Gasteiger partial charge in [-0.2, -0.15) is 5.10 Å². The summed E-state index contributed by atoms with van der Waals surface area (Å²) in [4.78, 5) is 0. The summed E-state index contributed by atoms with van der Waals surface area (Å²) in [7, 11) is 1.94. The number of hydrogen-bond acceptors (Lipinski definition) is 3. The van der Waals surface area contributed by atoms with Gasteiger partial charge in [-0.05, 0) is 31.2 Å². The lowest BCUT2D eigenvalue weighted by Gasteiger charge is -2.06. The predicted molar refractivity (Wildman–Crippen MR) is 76.3 cm³/mol. The number of para-hydroxylation sites is 1. The molecule has 4 nitrogen and oxygen atoms in total. The first kappa shape index (κ1) is 13.6. The van der Waals surface area contributed by atoms with Gasteiger partial charge < -0.3 is 10.1 Å². The van der Waals surface area contributed by atoms with Crippen LogP contribution in [-0.4, -0.2) is 29.5 Å². The molecule has 0 aliphatic heterocycles. The van der Waals surface area contributed by atoms with E-state index in [2.05, 4.69) is 16.5 Å². The predicted octanol–water partition coefficient (Wildman–Crippen LogP) is 2.02. The number of rotatable bonds is 8. The third-order valence-electron chi connectivity index (χ3n) is 2.84. The maximum atomic E-state index is 5.62. The average molecular weight is 259 g/mol. The van der Waals surface area contributed by atoms with Crippen LogP contribution in [0.5, 0.6) is 5.75 Å². The first-order valence-electron chi connectivity index (χ1n) is 6.72. The highest BCUT2D eigenvalue weighted by Gasteiger charge is 1.96. The van der Waals surface area contributed by atoms with Crippen LogP contribution < -0.4 is 10.1 Å². The molecule has 1 N–H and O–H groups in total. The summed E-state index contributed by atoms with van der Waals surface area (Å²) >= 11 is 0. The maximum Gasteiger partial charge on any atom is 0.119 e. The third kappa shape index (κ3) is 5.14. The van der Waals surface area contributed by atoms with E-state index >= 15 is 0 Å². The normalized spacial score (nSPS) is 10.6. The van der Waals surface area contributed by atoms with Crippen molar-refractivity contribution in [2.24, 2.45) is 7.05 Å². The highest BCUT2D eigenvalue weighted by molar-refractivity contribution is 5.20. The zero-order valence-corrected chi connectivity index (χ0v) is 11.4. The van der Waals surface area contributed by atoms with E-state index < -0.39 is 0 Å². The second-order valence-corrected chi connectivity index (χ2v) is 4.50. The lowest BCUT2D eigenvalue weighted by Crippen LogP contribution is -2.20. The number of benzene rings is 1. The molecule has 0 spiro atoms. The van der Waals surface area contributed by atoms with E-state index in [-0.39, 0.29) is 0 Å². The lowest BCUT2D eigenvalue weighted by atomic mass is 10.3. The number of nitrogens with one attached hydrogen (secondary N) is 1. The largest absolute Gasteiger partial charge is 0.494 e. The first-order chi connectivity index (χ1) is 9.34. The second-order valence-electron chi connectivity index (χ2n) is 4.50. The number of aromatic nitrogens is 2. The van der Waals surface area contributed by atoms with Crippen molar-refractivity contribution in [1.29, 1.82) is 0 Å². The molecule has 0 saturated carbocycles. The molecule has 0 radical (unpaired) electrons. The van der Waals surface area contributed by atoms with Gasteiger partial charge in [0.1, 0.15) is 5.75 Å². The van der Waals surface area contributed by atoms with Gasteiger partial charge >= 0.3 is 0 Å². The fourth-order valence-corrected chi connectivity index (χ4v) is 1.84. The standard InChI is InChI=1S/C15H21N3O/c1-18-12-9-14(17-18)8-11-16-10-5-13-19-15-6-3-2-4-7-15/h2-4,6-7,9,12,16H,5,8,10-11,13H2,1H3. The van der Waals surface area contributed by atoms with Gasteiger partial charge in [0.25, 0.3) is 0 Å². The van der Waals surface area contributed by atoms with E-state index in [9.17, 15) is 0 Å². The molecule has 1 aromatic carbocycles. The zero-order valence-electron chi connectivity index (χ0n) is 11.4. The van der Waals surface area contributed by atoms with Gasteiger partial charge in [0.2, 0.25) is 0 Å². The van der Waals surface area contributed by atoms with Crippen LogP contribution in [0.25, 0.3) is 0 Å². The number of aryl methyl sites for hydroxylation is 1. The van der Waals surface area contributed by atoms with Gasteiger partial charge in [0.15, 0.2) is 0 Å². The van der Waals surface area contributed by atoms with Crippen molar-refractivity contribution in [3.05, 3.63) is 48.3 Å².